The van der Waals surface area contributed by atoms with Gasteiger partial charge in [0, 0.05) is 63.5 Å². The van der Waals surface area contributed by atoms with Crippen molar-refractivity contribution in [2.75, 3.05) is 9.80 Å². The van der Waals surface area contributed by atoms with Gasteiger partial charge in [0.1, 0.15) is 0 Å². The molecule has 0 spiro atoms. The zero-order chi connectivity index (χ0) is 28.8. The zero-order valence-corrected chi connectivity index (χ0v) is 24.8. The number of carbonyl (C=O) groups excluding carboxylic acids is 4. The van der Waals surface area contributed by atoms with Gasteiger partial charge in [0.05, 0.1) is 11.4 Å². The Morgan fingerprint density at radius 2 is 0.738 bits per heavy atom. The molecule has 0 aliphatic carbocycles. The molecule has 10 heteroatoms. The van der Waals surface area contributed by atoms with Crippen LogP contribution in [0.2, 0.25) is 0 Å². The molecular weight excluding hydrogens is 605 g/mol. The Kier molecular flexibility index (Phi) is 7.07. The van der Waals surface area contributed by atoms with E-state index in [-0.39, 0.29) is 23.6 Å². The van der Waals surface area contributed by atoms with E-state index in [1.54, 1.807) is 71.3 Å². The minimum atomic E-state index is -0.324. The second kappa shape index (κ2) is 11.0. The summed E-state index contributed by atoms with van der Waals surface area (Å²) in [5.74, 6) is -1.30. The minimum absolute atomic E-state index is 0.324. The van der Waals surface area contributed by atoms with Crippen LogP contribution in [0, 0.1) is 0 Å². The monoisotopic (exact) mass is 622 g/mol. The van der Waals surface area contributed by atoms with Gasteiger partial charge in [-0.15, -0.1) is 0 Å². The molecular formula is C32H18N2O4S4. The Bertz CT molecular complexity index is 1700. The Labute approximate surface area is 258 Å². The van der Waals surface area contributed by atoms with Gasteiger partial charge in [0.2, 0.25) is 0 Å². The van der Waals surface area contributed by atoms with Gasteiger partial charge in [-0.05, 0) is 84.9 Å². The van der Waals surface area contributed by atoms with E-state index in [9.17, 15) is 19.2 Å². The second-order valence-electron chi connectivity index (χ2n) is 9.30. The maximum absolute atomic E-state index is 12.0. The highest BCUT2D eigenvalue weighted by Gasteiger charge is 2.26. The minimum Gasteiger partial charge on any atom is -0.269 e. The zero-order valence-electron chi connectivity index (χ0n) is 21.6. The SMILES string of the molecule is O=C1C=CC(=O)N1c1ccc(Sc2ccc3c(c2)Sc2cc(Sc4ccc(N5C(=O)C=CC5=O)cc4)ccc2S3)cc1. The van der Waals surface area contributed by atoms with Crippen molar-refractivity contribution in [2.24, 2.45) is 0 Å². The third-order valence-electron chi connectivity index (χ3n) is 6.55. The standard InChI is InChI=1S/C32H18N2O4S4/c35-29-13-14-30(36)33(29)19-1-5-21(6-2-19)39-23-9-11-25-27(17-23)42-28-18-24(10-12-26(28)41-25)40-22-7-3-20(4-8-22)34-31(37)15-16-32(34)38/h1-18H. The highest BCUT2D eigenvalue weighted by molar-refractivity contribution is 8.05. The lowest BCUT2D eigenvalue weighted by Crippen LogP contribution is -2.29. The summed E-state index contributed by atoms with van der Waals surface area (Å²) in [6.45, 7) is 0. The summed E-state index contributed by atoms with van der Waals surface area (Å²) in [4.78, 5) is 59.2. The highest BCUT2D eigenvalue weighted by atomic mass is 32.2. The number of nitrogens with zero attached hydrogens (tertiary/aromatic N) is 2. The smallest absolute Gasteiger partial charge is 0.258 e. The first-order chi connectivity index (χ1) is 20.4. The number of imide groups is 2. The molecule has 0 atom stereocenters. The van der Waals surface area contributed by atoms with Gasteiger partial charge in [0.15, 0.2) is 0 Å². The first-order valence-electron chi connectivity index (χ1n) is 12.7. The number of hydrogen-bond acceptors (Lipinski definition) is 8. The average molecular weight is 623 g/mol. The van der Waals surface area contributed by atoms with Crippen LogP contribution in [-0.2, 0) is 19.2 Å². The fourth-order valence-electron chi connectivity index (χ4n) is 4.58. The summed E-state index contributed by atoms with van der Waals surface area (Å²) in [7, 11) is 0. The van der Waals surface area contributed by atoms with Crippen LogP contribution in [0.25, 0.3) is 0 Å². The molecule has 4 aromatic rings. The molecule has 6 nitrogen and oxygen atoms in total. The van der Waals surface area contributed by atoms with Crippen LogP contribution in [0.1, 0.15) is 0 Å². The largest absolute Gasteiger partial charge is 0.269 e. The average Bonchev–Trinajstić information content (AvgIpc) is 3.51. The molecule has 0 radical (unpaired) electrons. The second-order valence-corrected chi connectivity index (χ2v) is 13.8. The van der Waals surface area contributed by atoms with Crippen LogP contribution in [0.3, 0.4) is 0 Å². The van der Waals surface area contributed by atoms with Crippen LogP contribution in [0.5, 0.6) is 0 Å². The third kappa shape index (κ3) is 5.22. The molecule has 4 aromatic carbocycles. The van der Waals surface area contributed by atoms with E-state index in [4.69, 9.17) is 0 Å². The molecule has 0 saturated carbocycles. The quantitative estimate of drug-likeness (QED) is 0.181. The Hall–Kier alpha value is -3.96. The Balaban J connectivity index is 1.04. The fraction of sp³-hybridized carbons (Fsp3) is 0. The normalized spacial score (nSPS) is 15.5. The maximum Gasteiger partial charge on any atom is 0.258 e. The van der Waals surface area contributed by atoms with E-state index >= 15 is 0 Å². The number of rotatable bonds is 6. The van der Waals surface area contributed by atoms with Gasteiger partial charge >= 0.3 is 0 Å². The van der Waals surface area contributed by atoms with Crippen LogP contribution in [0.15, 0.2) is 148 Å². The summed E-state index contributed by atoms with van der Waals surface area (Å²) in [6.07, 6.45) is 5.14. The topological polar surface area (TPSA) is 74.8 Å². The van der Waals surface area contributed by atoms with Crippen LogP contribution in [0.4, 0.5) is 11.4 Å². The molecule has 3 heterocycles. The van der Waals surface area contributed by atoms with Gasteiger partial charge < -0.3 is 0 Å². The summed E-state index contributed by atoms with van der Waals surface area (Å²) in [6, 6.07) is 27.8. The van der Waals surface area contributed by atoms with Gasteiger partial charge in [-0.3, -0.25) is 19.2 Å². The van der Waals surface area contributed by atoms with Crippen LogP contribution >= 0.6 is 47.0 Å². The number of benzene rings is 4. The van der Waals surface area contributed by atoms with E-state index in [2.05, 4.69) is 36.4 Å². The lowest BCUT2D eigenvalue weighted by Gasteiger charge is -2.20. The van der Waals surface area contributed by atoms with E-state index in [0.717, 1.165) is 29.4 Å². The van der Waals surface area contributed by atoms with Gasteiger partial charge in [-0.25, -0.2) is 9.80 Å². The molecule has 0 bridgehead atoms. The van der Waals surface area contributed by atoms with Crippen LogP contribution in [-0.4, -0.2) is 23.6 Å². The van der Waals surface area contributed by atoms with Gasteiger partial charge in [-0.2, -0.15) is 0 Å². The number of fused-ring (bicyclic) bond motifs is 2. The summed E-state index contributed by atoms with van der Waals surface area (Å²) in [5.41, 5.74) is 1.12. The van der Waals surface area contributed by atoms with E-state index < -0.39 is 0 Å². The van der Waals surface area contributed by atoms with Crippen molar-refractivity contribution >= 4 is 82.1 Å². The molecule has 4 amide bonds. The molecule has 7 rings (SSSR count). The van der Waals surface area contributed by atoms with Crippen LogP contribution < -0.4 is 9.80 Å². The van der Waals surface area contributed by atoms with Gasteiger partial charge in [-0.1, -0.05) is 47.0 Å². The number of amides is 4. The predicted octanol–water partition coefficient (Wildman–Crippen LogP) is 7.46. The van der Waals surface area contributed by atoms with Crippen molar-refractivity contribution in [1.29, 1.82) is 0 Å². The van der Waals surface area contributed by atoms with Gasteiger partial charge in [0.25, 0.3) is 23.6 Å². The molecule has 0 unspecified atom stereocenters. The maximum atomic E-state index is 12.0. The number of hydrogen-bond donors (Lipinski definition) is 0. The fourth-order valence-corrected chi connectivity index (χ4v) is 8.71. The first kappa shape index (κ1) is 26.9. The molecule has 3 aliphatic rings. The van der Waals surface area contributed by atoms with E-state index in [0.29, 0.717) is 11.4 Å². The van der Waals surface area contributed by atoms with Crippen molar-refractivity contribution in [3.05, 3.63) is 109 Å². The number of anilines is 2. The van der Waals surface area contributed by atoms with E-state index in [1.165, 1.54) is 43.9 Å². The molecule has 0 saturated heterocycles. The van der Waals surface area contributed by atoms with Crippen molar-refractivity contribution in [1.82, 2.24) is 0 Å². The Morgan fingerprint density at radius 3 is 1.12 bits per heavy atom. The molecule has 42 heavy (non-hydrogen) atoms. The Morgan fingerprint density at radius 1 is 0.405 bits per heavy atom. The van der Waals surface area contributed by atoms with E-state index in [1.807, 2.05) is 24.3 Å². The lowest BCUT2D eigenvalue weighted by atomic mass is 10.3. The summed E-state index contributed by atoms with van der Waals surface area (Å²) in [5, 5.41) is 0. The molecule has 0 N–H and O–H groups in total. The molecule has 204 valence electrons. The first-order valence-corrected chi connectivity index (χ1v) is 16.0. The van der Waals surface area contributed by atoms with Crippen molar-refractivity contribution < 1.29 is 19.2 Å². The van der Waals surface area contributed by atoms with Crippen molar-refractivity contribution in [3.8, 4) is 0 Å². The molecule has 0 aromatic heterocycles. The highest BCUT2D eigenvalue weighted by Crippen LogP contribution is 2.50. The third-order valence-corrected chi connectivity index (χ3v) is 11.1. The van der Waals surface area contributed by atoms with Crippen molar-refractivity contribution in [2.45, 2.75) is 39.2 Å². The van der Waals surface area contributed by atoms with Crippen molar-refractivity contribution in [3.63, 3.8) is 0 Å². The summed E-state index contributed by atoms with van der Waals surface area (Å²) >= 11 is 6.76. The lowest BCUT2D eigenvalue weighted by molar-refractivity contribution is -0.121. The molecule has 0 fully saturated rings. The molecule has 3 aliphatic heterocycles. The summed E-state index contributed by atoms with van der Waals surface area (Å²) < 4.78 is 0. The predicted molar refractivity (Wildman–Crippen MR) is 166 cm³/mol. The number of carbonyl (C=O) groups is 4.